The molecule has 0 radical (unpaired) electrons. The Morgan fingerprint density at radius 3 is 2.54 bits per heavy atom. The molecule has 3 fully saturated rings. The van der Waals surface area contributed by atoms with Crippen LogP contribution in [0.2, 0.25) is 0 Å². The lowest BCUT2D eigenvalue weighted by molar-refractivity contribution is -0.126. The summed E-state index contributed by atoms with van der Waals surface area (Å²) < 4.78 is 0.461. The first-order chi connectivity index (χ1) is 6.15. The number of Topliss-reactive ketones (excluding diaryl/α,β-unsaturated/α-hetero) is 1. The number of hydrogen-bond donors (Lipinski definition) is 0. The molecular formula is C10H14OS2. The highest BCUT2D eigenvalue weighted by atomic mass is 32.2. The van der Waals surface area contributed by atoms with Crippen molar-refractivity contribution in [2.24, 2.45) is 11.3 Å². The lowest BCUT2D eigenvalue weighted by Crippen LogP contribution is -2.33. The van der Waals surface area contributed by atoms with Crippen molar-refractivity contribution in [3.63, 3.8) is 0 Å². The molecule has 3 rings (SSSR count). The molecule has 0 aromatic carbocycles. The van der Waals surface area contributed by atoms with E-state index in [1.165, 1.54) is 17.9 Å². The molecule has 1 nitrogen and oxygen atoms in total. The molecule has 1 spiro atoms. The van der Waals surface area contributed by atoms with Gasteiger partial charge in [-0.3, -0.25) is 4.79 Å². The van der Waals surface area contributed by atoms with Gasteiger partial charge in [-0.1, -0.05) is 6.92 Å². The van der Waals surface area contributed by atoms with Gasteiger partial charge in [0.2, 0.25) is 0 Å². The Balaban J connectivity index is 1.95. The number of carbonyl (C=O) groups excluding carboxylic acids is 1. The molecule has 0 unspecified atom stereocenters. The van der Waals surface area contributed by atoms with Crippen LogP contribution in [0.4, 0.5) is 0 Å². The van der Waals surface area contributed by atoms with E-state index in [4.69, 9.17) is 0 Å². The maximum absolute atomic E-state index is 11.7. The van der Waals surface area contributed by atoms with E-state index in [-0.39, 0.29) is 5.41 Å². The van der Waals surface area contributed by atoms with Crippen molar-refractivity contribution in [3.05, 3.63) is 0 Å². The third-order valence-corrected chi connectivity index (χ3v) is 7.55. The standard InChI is InChI=1S/C10H14OS2/c1-9-5-7(4-8(9)11)10(6-9)12-2-3-13-10/h7H,2-6H2,1H3/t7-,9+/m0/s1. The average Bonchev–Trinajstić information content (AvgIpc) is 2.67. The van der Waals surface area contributed by atoms with Crippen molar-refractivity contribution < 1.29 is 4.79 Å². The summed E-state index contributed by atoms with van der Waals surface area (Å²) in [5.74, 6) is 3.83. The van der Waals surface area contributed by atoms with Crippen LogP contribution in [-0.4, -0.2) is 21.4 Å². The molecule has 0 aromatic rings. The molecule has 2 atom stereocenters. The maximum Gasteiger partial charge on any atom is 0.139 e. The van der Waals surface area contributed by atoms with Crippen molar-refractivity contribution >= 4 is 29.3 Å². The van der Waals surface area contributed by atoms with Crippen molar-refractivity contribution in [1.29, 1.82) is 0 Å². The van der Waals surface area contributed by atoms with E-state index >= 15 is 0 Å². The van der Waals surface area contributed by atoms with E-state index in [1.54, 1.807) is 0 Å². The van der Waals surface area contributed by atoms with Gasteiger partial charge < -0.3 is 0 Å². The Morgan fingerprint density at radius 1 is 1.38 bits per heavy atom. The van der Waals surface area contributed by atoms with E-state index in [0.717, 1.165) is 12.8 Å². The second kappa shape index (κ2) is 2.48. The first kappa shape index (κ1) is 8.66. The topological polar surface area (TPSA) is 17.1 Å². The summed E-state index contributed by atoms with van der Waals surface area (Å²) in [6.45, 7) is 2.18. The SMILES string of the molecule is C[C@]12C[C@H](CC1=O)C1(C2)SCCS1. The van der Waals surface area contributed by atoms with E-state index in [9.17, 15) is 4.79 Å². The Labute approximate surface area is 87.4 Å². The Hall–Kier alpha value is 0.370. The van der Waals surface area contributed by atoms with Gasteiger partial charge in [-0.05, 0) is 18.8 Å². The van der Waals surface area contributed by atoms with Gasteiger partial charge in [-0.2, -0.15) is 0 Å². The van der Waals surface area contributed by atoms with Crippen molar-refractivity contribution in [3.8, 4) is 0 Å². The van der Waals surface area contributed by atoms with Crippen LogP contribution in [0, 0.1) is 11.3 Å². The molecule has 1 saturated heterocycles. The quantitative estimate of drug-likeness (QED) is 0.617. The Kier molecular flexibility index (Phi) is 1.66. The smallest absolute Gasteiger partial charge is 0.139 e. The summed E-state index contributed by atoms with van der Waals surface area (Å²) in [5.41, 5.74) is 0.0645. The predicted octanol–water partition coefficient (Wildman–Crippen LogP) is 2.55. The molecule has 1 heterocycles. The summed E-state index contributed by atoms with van der Waals surface area (Å²) in [7, 11) is 0. The van der Waals surface area contributed by atoms with Crippen molar-refractivity contribution in [2.75, 3.05) is 11.5 Å². The molecule has 2 saturated carbocycles. The highest BCUT2D eigenvalue weighted by Crippen LogP contribution is 2.67. The van der Waals surface area contributed by atoms with Crippen LogP contribution in [0.25, 0.3) is 0 Å². The first-order valence-electron chi connectivity index (χ1n) is 4.96. The molecule has 2 bridgehead atoms. The molecule has 3 heteroatoms. The fourth-order valence-corrected chi connectivity index (χ4v) is 7.02. The van der Waals surface area contributed by atoms with Gasteiger partial charge in [0.15, 0.2) is 0 Å². The normalized spacial score (nSPS) is 46.5. The molecule has 13 heavy (non-hydrogen) atoms. The largest absolute Gasteiger partial charge is 0.299 e. The van der Waals surface area contributed by atoms with Gasteiger partial charge in [-0.15, -0.1) is 23.5 Å². The first-order valence-corrected chi connectivity index (χ1v) is 6.93. The number of thioether (sulfide) groups is 2. The second-order valence-corrected chi connectivity index (χ2v) is 7.88. The van der Waals surface area contributed by atoms with Gasteiger partial charge in [0.05, 0.1) is 4.08 Å². The van der Waals surface area contributed by atoms with Crippen LogP contribution >= 0.6 is 23.5 Å². The number of fused-ring (bicyclic) bond motifs is 3. The second-order valence-electron chi connectivity index (χ2n) is 4.77. The van der Waals surface area contributed by atoms with Crippen molar-refractivity contribution in [2.45, 2.75) is 30.3 Å². The highest BCUT2D eigenvalue weighted by Gasteiger charge is 2.62. The van der Waals surface area contributed by atoms with Gasteiger partial charge in [0, 0.05) is 23.3 Å². The Bertz CT molecular complexity index is 270. The molecule has 1 aliphatic heterocycles. The number of carbonyl (C=O) groups is 1. The van der Waals surface area contributed by atoms with Gasteiger partial charge in [0.25, 0.3) is 0 Å². The molecule has 3 aliphatic rings. The van der Waals surface area contributed by atoms with Crippen LogP contribution in [0.3, 0.4) is 0 Å². The monoisotopic (exact) mass is 214 g/mol. The number of rotatable bonds is 0. The van der Waals surface area contributed by atoms with E-state index < -0.39 is 0 Å². The summed E-state index contributed by atoms with van der Waals surface area (Å²) in [6, 6.07) is 0. The minimum atomic E-state index is 0.0645. The highest BCUT2D eigenvalue weighted by molar-refractivity contribution is 8.21. The van der Waals surface area contributed by atoms with E-state index in [1.807, 2.05) is 0 Å². The lowest BCUT2D eigenvalue weighted by Gasteiger charge is -2.33. The maximum atomic E-state index is 11.7. The summed E-state index contributed by atoms with van der Waals surface area (Å²) in [6.07, 6.45) is 3.20. The van der Waals surface area contributed by atoms with E-state index in [0.29, 0.717) is 15.8 Å². The molecule has 0 N–H and O–H groups in total. The molecule has 72 valence electrons. The summed E-state index contributed by atoms with van der Waals surface area (Å²) >= 11 is 4.25. The minimum absolute atomic E-state index is 0.0645. The van der Waals surface area contributed by atoms with Crippen LogP contribution in [0.15, 0.2) is 0 Å². The van der Waals surface area contributed by atoms with Gasteiger partial charge >= 0.3 is 0 Å². The number of hydrogen-bond acceptors (Lipinski definition) is 3. The van der Waals surface area contributed by atoms with Crippen LogP contribution < -0.4 is 0 Å². The molecule has 2 aliphatic carbocycles. The molecule has 0 amide bonds. The zero-order valence-electron chi connectivity index (χ0n) is 7.84. The molecule has 0 aromatic heterocycles. The van der Waals surface area contributed by atoms with Crippen LogP contribution in [0.5, 0.6) is 0 Å². The average molecular weight is 214 g/mol. The van der Waals surface area contributed by atoms with Crippen LogP contribution in [-0.2, 0) is 4.79 Å². The zero-order chi connectivity index (χ0) is 9.10. The number of ketones is 1. The Morgan fingerprint density at radius 2 is 2.08 bits per heavy atom. The third kappa shape index (κ3) is 1.01. The minimum Gasteiger partial charge on any atom is -0.299 e. The van der Waals surface area contributed by atoms with Gasteiger partial charge in [0.1, 0.15) is 5.78 Å². The van der Waals surface area contributed by atoms with E-state index in [2.05, 4.69) is 30.4 Å². The fraction of sp³-hybridized carbons (Fsp3) is 0.900. The van der Waals surface area contributed by atoms with Crippen LogP contribution in [0.1, 0.15) is 26.2 Å². The summed E-state index contributed by atoms with van der Waals surface area (Å²) in [5, 5.41) is 0. The zero-order valence-corrected chi connectivity index (χ0v) is 9.47. The molecular weight excluding hydrogens is 200 g/mol. The lowest BCUT2D eigenvalue weighted by atomic mass is 9.85. The van der Waals surface area contributed by atoms with Crippen molar-refractivity contribution in [1.82, 2.24) is 0 Å². The third-order valence-electron chi connectivity index (χ3n) is 3.84. The van der Waals surface area contributed by atoms with Gasteiger partial charge in [-0.25, -0.2) is 0 Å². The summed E-state index contributed by atoms with van der Waals surface area (Å²) in [4.78, 5) is 11.7. The predicted molar refractivity (Wildman–Crippen MR) is 58.1 cm³/mol. The fourth-order valence-electron chi connectivity index (χ4n) is 3.18.